The fourth-order valence-electron chi connectivity index (χ4n) is 0.182. The lowest BCUT2D eigenvalue weighted by Gasteiger charge is -2.17. The van der Waals surface area contributed by atoms with Crippen molar-refractivity contribution in [2.45, 2.75) is 31.9 Å². The zero-order chi connectivity index (χ0) is 7.71. The lowest BCUT2D eigenvalue weighted by atomic mass is 10.1. The van der Waals surface area contributed by atoms with E-state index in [2.05, 4.69) is 0 Å². The third-order valence-electron chi connectivity index (χ3n) is 1.55. The van der Waals surface area contributed by atoms with Crippen molar-refractivity contribution >= 4 is 10.1 Å². The van der Waals surface area contributed by atoms with Crippen molar-refractivity contribution in [1.82, 2.24) is 6.15 Å². The number of rotatable bonds is 2. The molecule has 11 heavy (non-hydrogen) atoms. The maximum Gasteiger partial charge on any atom is 0.270 e. The molecule has 0 atom stereocenters. The number of hydrogen-bond donors (Lipinski definition) is 2. The van der Waals surface area contributed by atoms with Crippen molar-refractivity contribution < 1.29 is 18.4 Å². The van der Waals surface area contributed by atoms with Crippen LogP contribution < -0.4 is 6.15 Å². The van der Waals surface area contributed by atoms with Crippen LogP contribution in [0.25, 0.3) is 0 Å². The third kappa shape index (κ3) is 4.31. The molecule has 0 aliphatic carbocycles. The van der Waals surface area contributed by atoms with E-state index in [4.69, 9.17) is 4.55 Å². The Morgan fingerprint density at radius 1 is 1.36 bits per heavy atom. The molecule has 0 heterocycles. The van der Waals surface area contributed by atoms with Crippen LogP contribution in [0.15, 0.2) is 0 Å². The van der Waals surface area contributed by atoms with Crippen LogP contribution in [0.3, 0.4) is 0 Å². The van der Waals surface area contributed by atoms with Gasteiger partial charge >= 0.3 is 0 Å². The van der Waals surface area contributed by atoms with E-state index in [-0.39, 0.29) is 11.6 Å². The van der Waals surface area contributed by atoms with Crippen LogP contribution in [0.2, 0.25) is 0 Å². The lowest BCUT2D eigenvalue weighted by molar-refractivity contribution is 0.437. The Hall–Kier alpha value is -0.170. The average molecular weight is 187 g/mol. The zero-order valence-corrected chi connectivity index (χ0v) is 8.14. The van der Waals surface area contributed by atoms with Crippen molar-refractivity contribution in [2.24, 2.45) is 0 Å². The average Bonchev–Trinajstić information content (AvgIpc) is 1.64. The largest absolute Gasteiger partial charge is 0.870 e. The molecule has 0 aromatic carbocycles. The lowest BCUT2D eigenvalue weighted by Crippen LogP contribution is -2.29. The molecule has 0 saturated carbocycles. The molecule has 0 radical (unpaired) electrons. The van der Waals surface area contributed by atoms with Gasteiger partial charge in [-0.1, -0.05) is 6.92 Å². The molecule has 0 aliphatic heterocycles. The Balaban J connectivity index is -0.000000320. The molecule has 0 spiro atoms. The summed E-state index contributed by atoms with van der Waals surface area (Å²) in [5, 5.41) is 0. The predicted octanol–water partition coefficient (Wildman–Crippen LogP) is 1.26. The van der Waals surface area contributed by atoms with Gasteiger partial charge in [-0.25, -0.2) is 0 Å². The van der Waals surface area contributed by atoms with Gasteiger partial charge in [0.05, 0.1) is 4.75 Å². The third-order valence-corrected chi connectivity index (χ3v) is 3.24. The van der Waals surface area contributed by atoms with Crippen LogP contribution in [0, 0.1) is 0 Å². The standard InChI is InChI=1S/C5H12O3S.H3N.H2O/c1-4-5(2,3)9(6,7)8;;/h4H2,1-3H3,(H,6,7,8);1H3;1H2. The fourth-order valence-corrected chi connectivity index (χ4v) is 0.547. The highest BCUT2D eigenvalue weighted by Crippen LogP contribution is 2.17. The van der Waals surface area contributed by atoms with Gasteiger partial charge in [0.25, 0.3) is 10.1 Å². The second kappa shape index (κ2) is 4.66. The molecule has 6 N–H and O–H groups in total. The van der Waals surface area contributed by atoms with Gasteiger partial charge < -0.3 is 11.6 Å². The van der Waals surface area contributed by atoms with E-state index in [0.29, 0.717) is 6.42 Å². The molecule has 0 unspecified atom stereocenters. The molecule has 0 rings (SSSR count). The van der Waals surface area contributed by atoms with E-state index in [1.165, 1.54) is 13.8 Å². The normalized spacial score (nSPS) is 11.3. The van der Waals surface area contributed by atoms with Crippen LogP contribution >= 0.6 is 0 Å². The summed E-state index contributed by atoms with van der Waals surface area (Å²) in [5.74, 6) is 0. The molecule has 0 saturated heterocycles. The Kier molecular flexibility index (Phi) is 7.23. The summed E-state index contributed by atoms with van der Waals surface area (Å²) >= 11 is 0. The number of hydrogen-bond acceptors (Lipinski definition) is 3. The molecule has 0 amide bonds. The minimum absolute atomic E-state index is 0. The van der Waals surface area contributed by atoms with Crippen LogP contribution in [0.1, 0.15) is 27.2 Å². The van der Waals surface area contributed by atoms with Crippen LogP contribution in [0.5, 0.6) is 0 Å². The monoisotopic (exact) mass is 187 g/mol. The predicted molar refractivity (Wildman–Crippen MR) is 43.8 cm³/mol. The highest BCUT2D eigenvalue weighted by molar-refractivity contribution is 7.87. The van der Waals surface area contributed by atoms with E-state index in [9.17, 15) is 8.42 Å². The summed E-state index contributed by atoms with van der Waals surface area (Å²) < 4.78 is 28.4. The van der Waals surface area contributed by atoms with Crippen molar-refractivity contribution in [3.8, 4) is 0 Å². The summed E-state index contributed by atoms with van der Waals surface area (Å²) in [6, 6.07) is 0. The van der Waals surface area contributed by atoms with Crippen molar-refractivity contribution in [3.05, 3.63) is 0 Å². The summed E-state index contributed by atoms with van der Waals surface area (Å²) in [5.41, 5.74) is 0. The van der Waals surface area contributed by atoms with Gasteiger partial charge in [-0.15, -0.1) is 0 Å². The van der Waals surface area contributed by atoms with E-state index in [0.717, 1.165) is 0 Å². The Bertz CT molecular complexity index is 185. The quantitative estimate of drug-likeness (QED) is 0.632. The Morgan fingerprint density at radius 3 is 1.64 bits per heavy atom. The first kappa shape index (κ1) is 17.1. The summed E-state index contributed by atoms with van der Waals surface area (Å²) in [4.78, 5) is 0. The van der Waals surface area contributed by atoms with Gasteiger partial charge in [0, 0.05) is 0 Å². The molecular weight excluding hydrogens is 170 g/mol. The Morgan fingerprint density at radius 2 is 1.64 bits per heavy atom. The Labute approximate surface area is 67.4 Å². The SMILES string of the molecule is CCC(C)(C)S(=O)(=O)O.[NH4+].[OH-]. The first-order chi connectivity index (χ1) is 3.81. The molecular formula is C5H17NO4S. The molecule has 0 bridgehead atoms. The van der Waals surface area contributed by atoms with Crippen LogP contribution in [-0.4, -0.2) is 23.2 Å². The van der Waals surface area contributed by atoms with E-state index in [1.54, 1.807) is 6.92 Å². The topological polar surface area (TPSA) is 121 Å². The first-order valence-corrected chi connectivity index (χ1v) is 4.22. The van der Waals surface area contributed by atoms with Gasteiger partial charge in [0.1, 0.15) is 0 Å². The number of quaternary nitrogens is 1. The highest BCUT2D eigenvalue weighted by atomic mass is 32.2. The molecule has 0 aromatic rings. The summed E-state index contributed by atoms with van der Waals surface area (Å²) in [6.07, 6.45) is 0.422. The maximum absolute atomic E-state index is 10.4. The van der Waals surface area contributed by atoms with Gasteiger partial charge in [-0.3, -0.25) is 4.55 Å². The van der Waals surface area contributed by atoms with Crippen molar-refractivity contribution in [1.29, 1.82) is 0 Å². The second-order valence-electron chi connectivity index (χ2n) is 2.59. The minimum Gasteiger partial charge on any atom is -0.870 e. The van der Waals surface area contributed by atoms with Gasteiger partial charge in [0.2, 0.25) is 0 Å². The summed E-state index contributed by atoms with van der Waals surface area (Å²) in [6.45, 7) is 4.69. The van der Waals surface area contributed by atoms with Gasteiger partial charge in [-0.2, -0.15) is 8.42 Å². The maximum atomic E-state index is 10.4. The fraction of sp³-hybridized carbons (Fsp3) is 1.00. The van der Waals surface area contributed by atoms with Gasteiger partial charge in [0.15, 0.2) is 0 Å². The second-order valence-corrected chi connectivity index (χ2v) is 4.64. The van der Waals surface area contributed by atoms with Gasteiger partial charge in [-0.05, 0) is 20.3 Å². The van der Waals surface area contributed by atoms with E-state index >= 15 is 0 Å². The van der Waals surface area contributed by atoms with Crippen molar-refractivity contribution in [2.75, 3.05) is 0 Å². The van der Waals surface area contributed by atoms with Crippen LogP contribution in [0.4, 0.5) is 0 Å². The smallest absolute Gasteiger partial charge is 0.270 e. The molecule has 72 valence electrons. The van der Waals surface area contributed by atoms with Crippen LogP contribution in [-0.2, 0) is 10.1 Å². The molecule has 0 aliphatic rings. The molecule has 0 aromatic heterocycles. The zero-order valence-electron chi connectivity index (χ0n) is 7.33. The highest BCUT2D eigenvalue weighted by Gasteiger charge is 2.29. The van der Waals surface area contributed by atoms with E-state index < -0.39 is 14.9 Å². The molecule has 0 fully saturated rings. The van der Waals surface area contributed by atoms with Crippen molar-refractivity contribution in [3.63, 3.8) is 0 Å². The molecule has 6 heteroatoms. The first-order valence-electron chi connectivity index (χ1n) is 2.78. The molecule has 5 nitrogen and oxygen atoms in total. The van der Waals surface area contributed by atoms with E-state index in [1.807, 2.05) is 0 Å². The minimum atomic E-state index is -3.85. The summed E-state index contributed by atoms with van der Waals surface area (Å²) in [7, 11) is -3.85.